The molecule has 2 aromatic rings. The number of hydrogen-bond acceptors (Lipinski definition) is 1. The molecule has 0 saturated heterocycles. The Labute approximate surface area is 127 Å². The average Bonchev–Trinajstić information content (AvgIpc) is 2.32. The molecule has 0 aliphatic heterocycles. The van der Waals surface area contributed by atoms with E-state index in [-0.39, 0.29) is 6.04 Å². The van der Waals surface area contributed by atoms with Gasteiger partial charge in [0.1, 0.15) is 11.6 Å². The van der Waals surface area contributed by atoms with Crippen LogP contribution >= 0.6 is 31.9 Å². The molecule has 5 heteroatoms. The van der Waals surface area contributed by atoms with Crippen molar-refractivity contribution in [2.75, 3.05) is 5.32 Å². The predicted octanol–water partition coefficient (Wildman–Crippen LogP) is 5.66. The molecule has 0 aliphatic rings. The molecule has 1 unspecified atom stereocenters. The van der Waals surface area contributed by atoms with E-state index in [0.717, 1.165) is 20.7 Å². The van der Waals surface area contributed by atoms with E-state index >= 15 is 0 Å². The van der Waals surface area contributed by atoms with Crippen molar-refractivity contribution in [1.29, 1.82) is 0 Å². The highest BCUT2D eigenvalue weighted by molar-refractivity contribution is 9.11. The molecule has 0 aliphatic carbocycles. The van der Waals surface area contributed by atoms with Crippen LogP contribution in [0.25, 0.3) is 0 Å². The molecule has 0 spiro atoms. The Bertz CT molecular complexity index is 602. The third-order valence-electron chi connectivity index (χ3n) is 2.73. The number of halogens is 4. The van der Waals surface area contributed by atoms with Gasteiger partial charge in [-0.15, -0.1) is 0 Å². The first-order valence-corrected chi connectivity index (χ1v) is 7.22. The molecular weight excluding hydrogens is 380 g/mol. The van der Waals surface area contributed by atoms with Gasteiger partial charge in [0.25, 0.3) is 0 Å². The summed E-state index contributed by atoms with van der Waals surface area (Å²) >= 11 is 6.80. The van der Waals surface area contributed by atoms with Gasteiger partial charge in [-0.3, -0.25) is 0 Å². The Morgan fingerprint density at radius 1 is 1.05 bits per heavy atom. The smallest absolute Gasteiger partial charge is 0.131 e. The van der Waals surface area contributed by atoms with Crippen molar-refractivity contribution < 1.29 is 8.78 Å². The lowest BCUT2D eigenvalue weighted by Gasteiger charge is -2.17. The summed E-state index contributed by atoms with van der Waals surface area (Å²) in [4.78, 5) is 0. The number of hydrogen-bond donors (Lipinski definition) is 1. The van der Waals surface area contributed by atoms with Crippen LogP contribution in [0, 0.1) is 11.6 Å². The van der Waals surface area contributed by atoms with Crippen molar-refractivity contribution >= 4 is 37.5 Å². The summed E-state index contributed by atoms with van der Waals surface area (Å²) in [6.45, 7) is 1.82. The Kier molecular flexibility index (Phi) is 4.58. The molecule has 0 aromatic heterocycles. The van der Waals surface area contributed by atoms with Crippen LogP contribution in [0.4, 0.5) is 14.5 Å². The first kappa shape index (κ1) is 14.5. The normalized spacial score (nSPS) is 12.3. The quantitative estimate of drug-likeness (QED) is 0.712. The van der Waals surface area contributed by atoms with Gasteiger partial charge in [-0.25, -0.2) is 8.78 Å². The summed E-state index contributed by atoms with van der Waals surface area (Å²) in [6, 6.07) is 9.01. The number of benzene rings is 2. The monoisotopic (exact) mass is 389 g/mol. The molecule has 1 nitrogen and oxygen atoms in total. The Balaban J connectivity index is 2.23. The lowest BCUT2D eigenvalue weighted by atomic mass is 10.1. The second kappa shape index (κ2) is 6.01. The van der Waals surface area contributed by atoms with E-state index in [4.69, 9.17) is 0 Å². The zero-order valence-electron chi connectivity index (χ0n) is 10.1. The van der Waals surface area contributed by atoms with Gasteiger partial charge in [0.15, 0.2) is 0 Å². The highest BCUT2D eigenvalue weighted by Crippen LogP contribution is 2.30. The van der Waals surface area contributed by atoms with Crippen molar-refractivity contribution in [2.45, 2.75) is 13.0 Å². The van der Waals surface area contributed by atoms with Crippen LogP contribution in [0.3, 0.4) is 0 Å². The van der Waals surface area contributed by atoms with Crippen LogP contribution in [0.2, 0.25) is 0 Å². The number of rotatable bonds is 3. The summed E-state index contributed by atoms with van der Waals surface area (Å²) in [5, 5.41) is 3.18. The van der Waals surface area contributed by atoms with Crippen LogP contribution in [0.15, 0.2) is 45.3 Å². The van der Waals surface area contributed by atoms with Gasteiger partial charge in [-0.1, -0.05) is 22.0 Å². The second-order valence-electron chi connectivity index (χ2n) is 4.16. The van der Waals surface area contributed by atoms with Crippen molar-refractivity contribution in [3.8, 4) is 0 Å². The molecule has 1 atom stereocenters. The Morgan fingerprint density at radius 3 is 2.42 bits per heavy atom. The molecule has 2 aromatic carbocycles. The van der Waals surface area contributed by atoms with Crippen molar-refractivity contribution in [1.82, 2.24) is 0 Å². The van der Waals surface area contributed by atoms with Crippen LogP contribution in [-0.2, 0) is 0 Å². The fraction of sp³-hybridized carbons (Fsp3) is 0.143. The summed E-state index contributed by atoms with van der Waals surface area (Å²) < 4.78 is 28.4. The molecule has 0 saturated carbocycles. The van der Waals surface area contributed by atoms with E-state index in [9.17, 15) is 8.78 Å². The SMILES string of the molecule is CC(Nc1ccc(Br)cc1Br)c1ccc(F)cc1F. The van der Waals surface area contributed by atoms with Crippen molar-refractivity contribution in [3.63, 3.8) is 0 Å². The number of anilines is 1. The minimum atomic E-state index is -0.571. The maximum Gasteiger partial charge on any atom is 0.131 e. The summed E-state index contributed by atoms with van der Waals surface area (Å²) in [6.07, 6.45) is 0. The number of nitrogens with one attached hydrogen (secondary N) is 1. The zero-order valence-corrected chi connectivity index (χ0v) is 13.2. The standard InChI is InChI=1S/C14H11Br2F2N/c1-8(11-4-3-10(17)7-13(11)18)19-14-5-2-9(15)6-12(14)16/h2-8,19H,1H3. The third-order valence-corrected chi connectivity index (χ3v) is 3.88. The highest BCUT2D eigenvalue weighted by Gasteiger charge is 2.12. The first-order chi connectivity index (χ1) is 8.97. The lowest BCUT2D eigenvalue weighted by molar-refractivity contribution is 0.566. The van der Waals surface area contributed by atoms with Gasteiger partial charge < -0.3 is 5.32 Å². The molecule has 0 bridgehead atoms. The Morgan fingerprint density at radius 2 is 1.79 bits per heavy atom. The van der Waals surface area contributed by atoms with Gasteiger partial charge in [0, 0.05) is 26.3 Å². The zero-order chi connectivity index (χ0) is 14.0. The van der Waals surface area contributed by atoms with E-state index < -0.39 is 11.6 Å². The fourth-order valence-electron chi connectivity index (χ4n) is 1.77. The summed E-state index contributed by atoms with van der Waals surface area (Å²) in [5.74, 6) is -1.12. The molecule has 0 radical (unpaired) electrons. The minimum absolute atomic E-state index is 0.266. The topological polar surface area (TPSA) is 12.0 Å². The van der Waals surface area contributed by atoms with Crippen molar-refractivity contribution in [3.05, 3.63) is 62.5 Å². The van der Waals surface area contributed by atoms with Crippen LogP contribution in [-0.4, -0.2) is 0 Å². The molecule has 100 valence electrons. The molecule has 2 rings (SSSR count). The van der Waals surface area contributed by atoms with Gasteiger partial charge in [0.2, 0.25) is 0 Å². The summed E-state index contributed by atoms with van der Waals surface area (Å²) in [7, 11) is 0. The largest absolute Gasteiger partial charge is 0.377 e. The van der Waals surface area contributed by atoms with Crippen molar-refractivity contribution in [2.24, 2.45) is 0 Å². The predicted molar refractivity (Wildman–Crippen MR) is 80.2 cm³/mol. The van der Waals surface area contributed by atoms with Crippen LogP contribution < -0.4 is 5.32 Å². The van der Waals surface area contributed by atoms with E-state index in [2.05, 4.69) is 37.2 Å². The minimum Gasteiger partial charge on any atom is -0.377 e. The molecule has 0 amide bonds. The molecule has 0 heterocycles. The lowest BCUT2D eigenvalue weighted by Crippen LogP contribution is -2.09. The first-order valence-electron chi connectivity index (χ1n) is 5.64. The third kappa shape index (κ3) is 3.54. The highest BCUT2D eigenvalue weighted by atomic mass is 79.9. The maximum atomic E-state index is 13.7. The molecule has 0 fully saturated rings. The molecule has 19 heavy (non-hydrogen) atoms. The van der Waals surface area contributed by atoms with E-state index in [1.54, 1.807) is 0 Å². The van der Waals surface area contributed by atoms with E-state index in [1.165, 1.54) is 12.1 Å². The van der Waals surface area contributed by atoms with Crippen LogP contribution in [0.5, 0.6) is 0 Å². The van der Waals surface area contributed by atoms with E-state index in [0.29, 0.717) is 5.56 Å². The van der Waals surface area contributed by atoms with Gasteiger partial charge in [-0.2, -0.15) is 0 Å². The second-order valence-corrected chi connectivity index (χ2v) is 5.93. The van der Waals surface area contributed by atoms with Gasteiger partial charge >= 0.3 is 0 Å². The Hall–Kier alpha value is -0.940. The molecule has 1 N–H and O–H groups in total. The fourth-order valence-corrected chi connectivity index (χ4v) is 2.93. The molecular formula is C14H11Br2F2N. The van der Waals surface area contributed by atoms with Gasteiger partial charge in [-0.05, 0) is 47.1 Å². The van der Waals surface area contributed by atoms with Gasteiger partial charge in [0.05, 0.1) is 6.04 Å². The maximum absolute atomic E-state index is 13.7. The van der Waals surface area contributed by atoms with Crippen LogP contribution in [0.1, 0.15) is 18.5 Å². The average molecular weight is 391 g/mol. The summed E-state index contributed by atoms with van der Waals surface area (Å²) in [5.41, 5.74) is 1.27. The van der Waals surface area contributed by atoms with E-state index in [1.807, 2.05) is 25.1 Å².